The van der Waals surface area contributed by atoms with Gasteiger partial charge < -0.3 is 15.2 Å². The van der Waals surface area contributed by atoms with Crippen molar-refractivity contribution in [1.29, 1.82) is 0 Å². The van der Waals surface area contributed by atoms with Gasteiger partial charge in [-0.15, -0.1) is 0 Å². The predicted molar refractivity (Wildman–Crippen MR) is 128 cm³/mol. The molecule has 3 rings (SSSR count). The molecule has 0 radical (unpaired) electrons. The normalized spacial score (nSPS) is 12.3. The number of aliphatic carboxylic acids is 1. The summed E-state index contributed by atoms with van der Waals surface area (Å²) in [5.41, 5.74) is 0.975. The lowest BCUT2D eigenvalue weighted by molar-refractivity contribution is -0.135. The molecule has 0 fully saturated rings. The van der Waals surface area contributed by atoms with Crippen LogP contribution in [-0.2, 0) is 14.6 Å². The molecule has 0 spiro atoms. The zero-order chi connectivity index (χ0) is 23.8. The molecular formula is C24H23Cl2NO5S. The third-order valence-corrected chi connectivity index (χ3v) is 7.39. The van der Waals surface area contributed by atoms with Crippen LogP contribution in [0.25, 0.3) is 0 Å². The molecule has 0 aromatic heterocycles. The molecule has 0 saturated heterocycles. The van der Waals surface area contributed by atoms with E-state index in [9.17, 15) is 13.2 Å². The summed E-state index contributed by atoms with van der Waals surface area (Å²) in [6, 6.07) is 20.1. The fourth-order valence-electron chi connectivity index (χ4n) is 3.21. The quantitative estimate of drug-likeness (QED) is 0.337. The van der Waals surface area contributed by atoms with Crippen LogP contribution in [0.15, 0.2) is 82.6 Å². The molecule has 3 aromatic rings. The van der Waals surface area contributed by atoms with Gasteiger partial charge in [0.25, 0.3) is 0 Å². The Hall–Kier alpha value is -2.58. The van der Waals surface area contributed by atoms with Gasteiger partial charge in [0.2, 0.25) is 9.84 Å². The number of carbonyl (C=O) groups is 1. The van der Waals surface area contributed by atoms with Crippen LogP contribution in [-0.4, -0.2) is 32.6 Å². The first-order chi connectivity index (χ1) is 15.8. The van der Waals surface area contributed by atoms with E-state index >= 15 is 0 Å². The van der Waals surface area contributed by atoms with E-state index in [1.165, 1.54) is 30.3 Å². The Morgan fingerprint density at radius 1 is 0.939 bits per heavy atom. The molecule has 33 heavy (non-hydrogen) atoms. The summed E-state index contributed by atoms with van der Waals surface area (Å²) in [6.45, 7) is 0.450. The molecule has 2 N–H and O–H groups in total. The van der Waals surface area contributed by atoms with Gasteiger partial charge in [-0.1, -0.05) is 53.5 Å². The molecular weight excluding hydrogens is 485 g/mol. The molecule has 3 aromatic carbocycles. The largest absolute Gasteiger partial charge is 0.486 e. The van der Waals surface area contributed by atoms with Crippen LogP contribution in [0.1, 0.15) is 24.5 Å². The fourth-order valence-corrected chi connectivity index (χ4v) is 4.86. The van der Waals surface area contributed by atoms with E-state index in [0.29, 0.717) is 25.1 Å². The first-order valence-corrected chi connectivity index (χ1v) is 12.5. The monoisotopic (exact) mass is 507 g/mol. The highest BCUT2D eigenvalue weighted by Crippen LogP contribution is 2.30. The van der Waals surface area contributed by atoms with Gasteiger partial charge in [-0.05, 0) is 67.4 Å². The van der Waals surface area contributed by atoms with Crippen LogP contribution in [0.5, 0.6) is 5.75 Å². The highest BCUT2D eigenvalue weighted by molar-refractivity contribution is 7.91. The average molecular weight is 508 g/mol. The van der Waals surface area contributed by atoms with Gasteiger partial charge in [0.05, 0.1) is 26.4 Å². The summed E-state index contributed by atoms with van der Waals surface area (Å²) in [5, 5.41) is 12.0. The number of hydrogen-bond donors (Lipinski definition) is 2. The van der Waals surface area contributed by atoms with Crippen LogP contribution in [0, 0.1) is 0 Å². The predicted octanol–water partition coefficient (Wildman–Crippen LogP) is 5.40. The minimum atomic E-state index is -3.76. The zero-order valence-electron chi connectivity index (χ0n) is 17.6. The third kappa shape index (κ3) is 6.95. The molecule has 0 bridgehead atoms. The van der Waals surface area contributed by atoms with E-state index < -0.39 is 15.8 Å². The summed E-state index contributed by atoms with van der Waals surface area (Å²) in [5.74, 6) is -0.378. The van der Waals surface area contributed by atoms with E-state index in [0.717, 1.165) is 5.56 Å². The van der Waals surface area contributed by atoms with Crippen molar-refractivity contribution in [3.05, 3.63) is 88.4 Å². The molecule has 1 atom stereocenters. The van der Waals surface area contributed by atoms with Gasteiger partial charge in [0.1, 0.15) is 11.9 Å². The lowest BCUT2D eigenvalue weighted by atomic mass is 10.0. The van der Waals surface area contributed by atoms with Crippen molar-refractivity contribution in [3.8, 4) is 5.75 Å². The minimum absolute atomic E-state index is 0.0570. The molecule has 0 amide bonds. The van der Waals surface area contributed by atoms with Gasteiger partial charge in [0.15, 0.2) is 0 Å². The van der Waals surface area contributed by atoms with Crippen LogP contribution >= 0.6 is 23.2 Å². The summed E-state index contributed by atoms with van der Waals surface area (Å²) in [6.07, 6.45) is 1.09. The molecule has 6 nitrogen and oxygen atoms in total. The Morgan fingerprint density at radius 3 is 2.24 bits per heavy atom. The highest BCUT2D eigenvalue weighted by Gasteiger charge is 2.20. The molecule has 0 heterocycles. The lowest BCUT2D eigenvalue weighted by Gasteiger charge is -2.20. The number of hydrogen-bond acceptors (Lipinski definition) is 5. The van der Waals surface area contributed by atoms with Crippen LogP contribution < -0.4 is 10.1 Å². The van der Waals surface area contributed by atoms with Gasteiger partial charge in [0, 0.05) is 0 Å². The molecule has 0 aliphatic heterocycles. The second-order valence-corrected chi connectivity index (χ2v) is 10.0. The van der Waals surface area contributed by atoms with E-state index in [-0.39, 0.29) is 32.5 Å². The van der Waals surface area contributed by atoms with Crippen LogP contribution in [0.2, 0.25) is 10.0 Å². The number of sulfone groups is 1. The van der Waals surface area contributed by atoms with Crippen molar-refractivity contribution in [2.75, 3.05) is 13.1 Å². The number of benzene rings is 3. The van der Waals surface area contributed by atoms with E-state index in [4.69, 9.17) is 33.0 Å². The fraction of sp³-hybridized carbons (Fsp3) is 0.208. The summed E-state index contributed by atoms with van der Waals surface area (Å²) < 4.78 is 32.0. The van der Waals surface area contributed by atoms with Crippen molar-refractivity contribution < 1.29 is 23.1 Å². The first kappa shape index (κ1) is 25.1. The number of nitrogens with one attached hydrogen (secondary N) is 1. The molecule has 0 saturated carbocycles. The van der Waals surface area contributed by atoms with Crippen LogP contribution in [0.4, 0.5) is 0 Å². The lowest BCUT2D eigenvalue weighted by Crippen LogP contribution is -2.24. The maximum Gasteiger partial charge on any atom is 0.317 e. The molecule has 1 unspecified atom stereocenters. The van der Waals surface area contributed by atoms with Crippen molar-refractivity contribution >= 4 is 39.0 Å². The molecule has 9 heteroatoms. The number of ether oxygens (including phenoxy) is 1. The molecule has 0 aliphatic rings. The van der Waals surface area contributed by atoms with E-state index in [1.54, 1.807) is 12.1 Å². The van der Waals surface area contributed by atoms with Gasteiger partial charge in [-0.2, -0.15) is 0 Å². The van der Waals surface area contributed by atoms with Gasteiger partial charge in [-0.25, -0.2) is 8.42 Å². The Balaban J connectivity index is 1.73. The summed E-state index contributed by atoms with van der Waals surface area (Å²) in [4.78, 5) is 10.8. The molecule has 0 aliphatic carbocycles. The number of carboxylic acid groups (broad SMARTS) is 1. The van der Waals surface area contributed by atoms with Crippen molar-refractivity contribution in [2.45, 2.75) is 28.7 Å². The highest BCUT2D eigenvalue weighted by atomic mass is 35.5. The summed E-state index contributed by atoms with van der Waals surface area (Å²) in [7, 11) is -3.76. The number of carboxylic acids is 1. The second-order valence-electron chi connectivity index (χ2n) is 7.28. The Kier molecular flexibility index (Phi) is 8.74. The van der Waals surface area contributed by atoms with Crippen LogP contribution in [0.3, 0.4) is 0 Å². The van der Waals surface area contributed by atoms with Gasteiger partial charge in [-0.3, -0.25) is 4.79 Å². The third-order valence-electron chi connectivity index (χ3n) is 4.88. The number of rotatable bonds is 11. The Morgan fingerprint density at radius 2 is 1.61 bits per heavy atom. The molecule has 174 valence electrons. The SMILES string of the molecule is O=C(O)CNCCCC(Oc1ccc(S(=O)(=O)c2ccc(Cl)c(Cl)c2)cc1)c1ccccc1. The average Bonchev–Trinajstić information content (AvgIpc) is 2.80. The van der Waals surface area contributed by atoms with E-state index in [2.05, 4.69) is 5.32 Å². The van der Waals surface area contributed by atoms with Crippen molar-refractivity contribution in [3.63, 3.8) is 0 Å². The summed E-state index contributed by atoms with van der Waals surface area (Å²) >= 11 is 11.9. The number of halogens is 2. The van der Waals surface area contributed by atoms with Crippen molar-refractivity contribution in [2.24, 2.45) is 0 Å². The maximum absolute atomic E-state index is 12.9. The Labute approximate surface area is 203 Å². The Bertz CT molecular complexity index is 1190. The first-order valence-electron chi connectivity index (χ1n) is 10.2. The maximum atomic E-state index is 12.9. The van der Waals surface area contributed by atoms with Crippen molar-refractivity contribution in [1.82, 2.24) is 5.32 Å². The zero-order valence-corrected chi connectivity index (χ0v) is 19.9. The minimum Gasteiger partial charge on any atom is -0.486 e. The van der Waals surface area contributed by atoms with E-state index in [1.807, 2.05) is 30.3 Å². The second kappa shape index (κ2) is 11.5. The van der Waals surface area contributed by atoms with Gasteiger partial charge >= 0.3 is 5.97 Å². The standard InChI is InChI=1S/C24H23Cl2NO5S/c25-21-13-12-20(15-22(21)26)33(30,31)19-10-8-18(9-11-19)32-23(17-5-2-1-3-6-17)7-4-14-27-16-24(28)29/h1-3,5-6,8-13,15,23,27H,4,7,14,16H2,(H,28,29). The smallest absolute Gasteiger partial charge is 0.317 e. The topological polar surface area (TPSA) is 92.7 Å².